The zero-order valence-corrected chi connectivity index (χ0v) is 28.9. The maximum atomic E-state index is 15.5. The smallest absolute Gasteiger partial charge is 0.330 e. The maximum absolute atomic E-state index is 15.5. The predicted octanol–water partition coefficient (Wildman–Crippen LogP) is 7.90. The molecule has 5 aromatic rings. The van der Waals surface area contributed by atoms with Crippen molar-refractivity contribution in [2.24, 2.45) is 12.5 Å². The monoisotopic (exact) mass is 652 g/mol. The lowest BCUT2D eigenvalue weighted by atomic mass is 9.75. The quantitative estimate of drug-likeness (QED) is 0.0928. The van der Waals surface area contributed by atoms with E-state index < -0.39 is 17.2 Å². The van der Waals surface area contributed by atoms with Crippen LogP contribution < -0.4 is 10.1 Å². The number of ether oxygens (including phenoxy) is 2. The van der Waals surface area contributed by atoms with E-state index in [1.54, 1.807) is 42.2 Å². The molecule has 0 aliphatic rings. The van der Waals surface area contributed by atoms with Gasteiger partial charge in [-0.15, -0.1) is 0 Å². The van der Waals surface area contributed by atoms with Gasteiger partial charge in [0.1, 0.15) is 11.4 Å². The van der Waals surface area contributed by atoms with Crippen molar-refractivity contribution in [2.75, 3.05) is 20.2 Å². The Bertz CT molecular complexity index is 1930. The Morgan fingerprint density at radius 3 is 2.69 bits per heavy atom. The summed E-state index contributed by atoms with van der Waals surface area (Å²) in [6, 6.07) is 15.1. The van der Waals surface area contributed by atoms with Gasteiger partial charge in [0.15, 0.2) is 23.2 Å². The molecule has 252 valence electrons. The minimum absolute atomic E-state index is 0.0216. The summed E-state index contributed by atoms with van der Waals surface area (Å²) in [6.07, 6.45) is 9.01. The first-order valence-corrected chi connectivity index (χ1v) is 16.4. The van der Waals surface area contributed by atoms with Gasteiger partial charge in [0.05, 0.1) is 12.0 Å². The average molecular weight is 653 g/mol. The van der Waals surface area contributed by atoms with Crippen LogP contribution in [0.3, 0.4) is 0 Å². The summed E-state index contributed by atoms with van der Waals surface area (Å²) in [5.74, 6) is 0.498. The largest absolute Gasteiger partial charge is 0.463 e. The van der Waals surface area contributed by atoms with Gasteiger partial charge in [0.25, 0.3) is 0 Å². The first-order valence-electron chi connectivity index (χ1n) is 16.4. The molecule has 0 saturated carbocycles. The molecule has 0 aliphatic heterocycles. The molecule has 0 fully saturated rings. The van der Waals surface area contributed by atoms with Crippen LogP contribution in [0.1, 0.15) is 69.5 Å². The molecule has 0 amide bonds. The van der Waals surface area contributed by atoms with Crippen molar-refractivity contribution >= 4 is 22.9 Å². The normalized spacial score (nSPS) is 13.2. The minimum Gasteiger partial charge on any atom is -0.463 e. The number of fused-ring (bicyclic) bond motifs is 1. The number of H-pyrrole nitrogens is 1. The van der Waals surface area contributed by atoms with Gasteiger partial charge >= 0.3 is 5.97 Å². The molecule has 5 rings (SSSR count). The van der Waals surface area contributed by atoms with Gasteiger partial charge in [-0.25, -0.2) is 18.9 Å². The summed E-state index contributed by atoms with van der Waals surface area (Å²) in [7, 11) is 3.84. The van der Waals surface area contributed by atoms with Crippen LogP contribution >= 0.6 is 0 Å². The Morgan fingerprint density at radius 1 is 1.12 bits per heavy atom. The van der Waals surface area contributed by atoms with Crippen LogP contribution in [0.2, 0.25) is 0 Å². The van der Waals surface area contributed by atoms with Crippen molar-refractivity contribution < 1.29 is 18.7 Å². The number of aryl methyl sites for hydroxylation is 2. The lowest BCUT2D eigenvalue weighted by Gasteiger charge is -2.30. The molecule has 0 aliphatic carbocycles. The van der Waals surface area contributed by atoms with Gasteiger partial charge in [0, 0.05) is 54.1 Å². The van der Waals surface area contributed by atoms with Crippen LogP contribution in [-0.2, 0) is 22.0 Å². The van der Waals surface area contributed by atoms with Crippen LogP contribution in [0.15, 0.2) is 67.0 Å². The van der Waals surface area contributed by atoms with Gasteiger partial charge in [-0.05, 0) is 76.4 Å². The van der Waals surface area contributed by atoms with E-state index in [4.69, 9.17) is 19.6 Å². The first-order chi connectivity index (χ1) is 22.9. The van der Waals surface area contributed by atoms with Crippen LogP contribution in [0.5, 0.6) is 11.5 Å². The van der Waals surface area contributed by atoms with E-state index in [2.05, 4.69) is 67.2 Å². The number of hydrogen-bond acceptors (Lipinski definition) is 7. The standard InChI is InChI=1S/C38H45FN6O3/c1-8-47-33(46)14-13-29-28-16-20-41-31(28)23-30(39)34(29)48-27-15-19-42-32(22-27)35-43-36(44-45(35)7)38(5,26-12-9-11-25(2)21-26)18-10-17-37(3,4)24-40-6/h9,11-16,19-23,40-41H,8,10,17-18,24H2,1-7H3/b14-13+/t38-/m1/s1. The number of aromatic amines is 1. The Balaban J connectivity index is 1.49. The summed E-state index contributed by atoms with van der Waals surface area (Å²) in [5.41, 5.74) is 3.57. The third-order valence-electron chi connectivity index (χ3n) is 8.75. The Kier molecular flexibility index (Phi) is 10.4. The zero-order chi connectivity index (χ0) is 34.5. The molecule has 0 unspecified atom stereocenters. The fourth-order valence-corrected chi connectivity index (χ4v) is 6.21. The number of nitrogens with zero attached hydrogens (tertiary/aromatic N) is 4. The second kappa shape index (κ2) is 14.5. The topological polar surface area (TPSA) is 107 Å². The molecule has 3 aromatic heterocycles. The lowest BCUT2D eigenvalue weighted by molar-refractivity contribution is -0.137. The van der Waals surface area contributed by atoms with Crippen molar-refractivity contribution in [3.8, 4) is 23.0 Å². The number of halogens is 1. The summed E-state index contributed by atoms with van der Waals surface area (Å²) >= 11 is 0. The van der Waals surface area contributed by atoms with Crippen LogP contribution in [0.25, 0.3) is 28.5 Å². The number of hydrogen-bond donors (Lipinski definition) is 2. The highest BCUT2D eigenvalue weighted by atomic mass is 19.1. The number of rotatable bonds is 14. The van der Waals surface area contributed by atoms with E-state index in [1.165, 1.54) is 23.8 Å². The number of carbonyl (C=O) groups excluding carboxylic acids is 1. The Morgan fingerprint density at radius 2 is 1.94 bits per heavy atom. The number of aromatic nitrogens is 5. The van der Waals surface area contributed by atoms with Gasteiger partial charge in [0.2, 0.25) is 0 Å². The molecule has 10 heteroatoms. The van der Waals surface area contributed by atoms with Gasteiger partial charge in [-0.3, -0.25) is 4.98 Å². The van der Waals surface area contributed by atoms with Crippen LogP contribution in [-0.4, -0.2) is 50.9 Å². The summed E-state index contributed by atoms with van der Waals surface area (Å²) in [6.45, 7) is 11.8. The van der Waals surface area contributed by atoms with Crippen molar-refractivity contribution in [3.05, 3.63) is 95.3 Å². The predicted molar refractivity (Wildman–Crippen MR) is 187 cm³/mol. The van der Waals surface area contributed by atoms with Crippen LogP contribution in [0, 0.1) is 18.2 Å². The number of carbonyl (C=O) groups is 1. The van der Waals surface area contributed by atoms with Crippen LogP contribution in [0.4, 0.5) is 4.39 Å². The number of benzene rings is 2. The van der Waals surface area contributed by atoms with Gasteiger partial charge < -0.3 is 19.8 Å². The molecule has 0 bridgehead atoms. The van der Waals surface area contributed by atoms with E-state index >= 15 is 4.39 Å². The van der Waals surface area contributed by atoms with Crippen molar-refractivity contribution in [2.45, 2.75) is 59.3 Å². The molecule has 9 nitrogen and oxygen atoms in total. The highest BCUT2D eigenvalue weighted by molar-refractivity contribution is 5.96. The highest BCUT2D eigenvalue weighted by Gasteiger charge is 2.35. The van der Waals surface area contributed by atoms with Gasteiger partial charge in [-0.2, -0.15) is 5.10 Å². The SMILES string of the molecule is CCOC(=O)/C=C/c1c(Oc2ccnc(-c3nc([C@](C)(CCCC(C)(C)CNC)c4cccc(C)c4)nn3C)c2)c(F)cc2[nH]ccc12. The Labute approximate surface area is 281 Å². The van der Waals surface area contributed by atoms with E-state index in [0.29, 0.717) is 39.6 Å². The second-order valence-corrected chi connectivity index (χ2v) is 13.2. The summed E-state index contributed by atoms with van der Waals surface area (Å²) in [5, 5.41) is 8.95. The van der Waals surface area contributed by atoms with E-state index in [1.807, 2.05) is 14.1 Å². The third kappa shape index (κ3) is 7.65. The fraction of sp³-hybridized carbons (Fsp3) is 0.368. The molecule has 0 radical (unpaired) electrons. The molecule has 2 aromatic carbocycles. The molecule has 2 N–H and O–H groups in total. The maximum Gasteiger partial charge on any atom is 0.330 e. The van der Waals surface area contributed by atoms with Gasteiger partial charge in [-0.1, -0.05) is 50.1 Å². The number of esters is 1. The van der Waals surface area contributed by atoms with Crippen molar-refractivity contribution in [1.82, 2.24) is 30.0 Å². The molecule has 3 heterocycles. The van der Waals surface area contributed by atoms with E-state index in [9.17, 15) is 4.79 Å². The number of pyridine rings is 1. The summed E-state index contributed by atoms with van der Waals surface area (Å²) in [4.78, 5) is 24.8. The van der Waals surface area contributed by atoms with E-state index in [0.717, 1.165) is 31.4 Å². The Hall–Kier alpha value is -4.83. The average Bonchev–Trinajstić information content (AvgIpc) is 3.67. The molecule has 48 heavy (non-hydrogen) atoms. The van der Waals surface area contributed by atoms with Crippen molar-refractivity contribution in [3.63, 3.8) is 0 Å². The molecule has 0 saturated heterocycles. The number of nitrogens with one attached hydrogen (secondary N) is 2. The molecule has 0 spiro atoms. The van der Waals surface area contributed by atoms with Crippen molar-refractivity contribution in [1.29, 1.82) is 0 Å². The second-order valence-electron chi connectivity index (χ2n) is 13.2. The highest BCUT2D eigenvalue weighted by Crippen LogP contribution is 2.39. The third-order valence-corrected chi connectivity index (χ3v) is 8.75. The molecular weight excluding hydrogens is 607 g/mol. The lowest BCUT2D eigenvalue weighted by Crippen LogP contribution is -2.29. The molecule has 1 atom stereocenters. The summed E-state index contributed by atoms with van der Waals surface area (Å²) < 4.78 is 28.5. The molecular formula is C38H45FN6O3. The van der Waals surface area contributed by atoms with E-state index in [-0.39, 0.29) is 17.8 Å². The first kappa shape index (κ1) is 34.5. The zero-order valence-electron chi connectivity index (χ0n) is 28.9. The fourth-order valence-electron chi connectivity index (χ4n) is 6.21. The minimum atomic E-state index is -0.584.